The Morgan fingerprint density at radius 1 is 1.10 bits per heavy atom. The van der Waals surface area contributed by atoms with Crippen LogP contribution in [0.3, 0.4) is 0 Å². The molecule has 6 nitrogen and oxygen atoms in total. The van der Waals surface area contributed by atoms with E-state index in [4.69, 9.17) is 4.74 Å². The number of amides is 1. The van der Waals surface area contributed by atoms with Crippen LogP contribution < -0.4 is 15.0 Å². The van der Waals surface area contributed by atoms with E-state index in [1.54, 1.807) is 7.11 Å². The zero-order chi connectivity index (χ0) is 21.1. The second-order valence-electron chi connectivity index (χ2n) is 6.80. The molecule has 0 radical (unpaired) electrons. The fourth-order valence-corrected chi connectivity index (χ4v) is 4.24. The Bertz CT molecular complexity index is 1140. The number of anilines is 2. The van der Waals surface area contributed by atoms with Gasteiger partial charge < -0.3 is 15.0 Å². The topological polar surface area (TPSA) is 58.9 Å². The number of imidazole rings is 1. The fraction of sp³-hybridized carbons (Fsp3) is 0.217. The molecule has 154 valence electrons. The smallest absolute Gasteiger partial charge is 0.273 e. The first kappa shape index (κ1) is 20.0. The molecular weight excluding hydrogens is 396 g/mol. The maximum atomic E-state index is 12.9. The number of ether oxygens (including phenoxy) is 1. The zero-order valence-electron chi connectivity index (χ0n) is 17.3. The van der Waals surface area contributed by atoms with E-state index in [0.717, 1.165) is 46.4 Å². The number of carbonyl (C=O) groups is 1. The molecule has 4 aromatic rings. The van der Waals surface area contributed by atoms with Crippen molar-refractivity contribution in [3.8, 4) is 17.0 Å². The van der Waals surface area contributed by atoms with Crippen molar-refractivity contribution in [3.05, 3.63) is 65.8 Å². The number of fused-ring (bicyclic) bond motifs is 1. The number of carbonyl (C=O) groups excluding carboxylic acids is 1. The molecule has 0 aliphatic heterocycles. The average molecular weight is 421 g/mol. The van der Waals surface area contributed by atoms with E-state index in [-0.39, 0.29) is 5.91 Å². The summed E-state index contributed by atoms with van der Waals surface area (Å²) in [6.45, 7) is 6.16. The van der Waals surface area contributed by atoms with E-state index in [2.05, 4.69) is 29.0 Å². The first-order valence-corrected chi connectivity index (χ1v) is 10.8. The molecule has 2 heterocycles. The summed E-state index contributed by atoms with van der Waals surface area (Å²) in [5.74, 6) is 0.641. The van der Waals surface area contributed by atoms with Crippen molar-refractivity contribution in [2.24, 2.45) is 0 Å². The molecule has 1 amide bonds. The van der Waals surface area contributed by atoms with Crippen LogP contribution in [0, 0.1) is 0 Å². The van der Waals surface area contributed by atoms with Crippen LogP contribution in [-0.4, -0.2) is 35.5 Å². The molecule has 30 heavy (non-hydrogen) atoms. The fourth-order valence-electron chi connectivity index (χ4n) is 3.39. The number of methoxy groups -OCH3 is 1. The molecule has 1 N–H and O–H groups in total. The third-order valence-corrected chi connectivity index (χ3v) is 5.92. The van der Waals surface area contributed by atoms with E-state index < -0.39 is 0 Å². The van der Waals surface area contributed by atoms with Gasteiger partial charge in [0.15, 0.2) is 4.96 Å². The van der Waals surface area contributed by atoms with E-state index in [1.807, 2.05) is 64.5 Å². The Kier molecular flexibility index (Phi) is 5.72. The quantitative estimate of drug-likeness (QED) is 0.448. The van der Waals surface area contributed by atoms with E-state index in [1.165, 1.54) is 11.3 Å². The van der Waals surface area contributed by atoms with Crippen LogP contribution in [0.25, 0.3) is 16.2 Å². The van der Waals surface area contributed by atoms with Gasteiger partial charge in [0.05, 0.1) is 12.8 Å². The number of aromatic nitrogens is 2. The lowest BCUT2D eigenvalue weighted by atomic mass is 10.2. The summed E-state index contributed by atoms with van der Waals surface area (Å²) in [6.07, 6.45) is 1.89. The molecule has 0 atom stereocenters. The van der Waals surface area contributed by atoms with Gasteiger partial charge in [-0.25, -0.2) is 4.98 Å². The first-order chi connectivity index (χ1) is 14.6. The summed E-state index contributed by atoms with van der Waals surface area (Å²) < 4.78 is 7.05. The van der Waals surface area contributed by atoms with Gasteiger partial charge in [0.2, 0.25) is 0 Å². The summed E-state index contributed by atoms with van der Waals surface area (Å²) >= 11 is 1.45. The summed E-state index contributed by atoms with van der Waals surface area (Å²) in [5.41, 5.74) is 4.28. The maximum absolute atomic E-state index is 12.9. The lowest BCUT2D eigenvalue weighted by Gasteiger charge is -2.21. The minimum Gasteiger partial charge on any atom is -0.497 e. The van der Waals surface area contributed by atoms with Crippen molar-refractivity contribution in [1.82, 2.24) is 9.38 Å². The van der Waals surface area contributed by atoms with Crippen molar-refractivity contribution in [2.45, 2.75) is 13.8 Å². The Balaban J connectivity index is 1.54. The molecule has 4 rings (SSSR count). The summed E-state index contributed by atoms with van der Waals surface area (Å²) in [4.78, 5) is 20.6. The number of rotatable bonds is 7. The normalized spacial score (nSPS) is 10.9. The standard InChI is InChI=1S/C23H24N4O2S/c1-4-26(5-2)18-10-8-17(9-11-18)24-22(28)21-15-30-23-25-20(14-27(21)23)16-6-12-19(29-3)13-7-16/h6-15H,4-5H2,1-3H3,(H,24,28). The minimum absolute atomic E-state index is 0.157. The van der Waals surface area contributed by atoms with Gasteiger partial charge in [-0.05, 0) is 62.4 Å². The van der Waals surface area contributed by atoms with E-state index in [9.17, 15) is 4.79 Å². The van der Waals surface area contributed by atoms with Crippen LogP contribution >= 0.6 is 11.3 Å². The highest BCUT2D eigenvalue weighted by Gasteiger charge is 2.16. The van der Waals surface area contributed by atoms with Crippen LogP contribution in [0.4, 0.5) is 11.4 Å². The molecule has 0 bridgehead atoms. The third-order valence-electron chi connectivity index (χ3n) is 5.08. The number of thiazole rings is 1. The SMILES string of the molecule is CCN(CC)c1ccc(NC(=O)c2csc3nc(-c4ccc(OC)cc4)cn23)cc1. The monoisotopic (exact) mass is 420 g/mol. The summed E-state index contributed by atoms with van der Waals surface area (Å²) in [7, 11) is 1.64. The average Bonchev–Trinajstić information content (AvgIpc) is 3.37. The number of nitrogens with zero attached hydrogens (tertiary/aromatic N) is 3. The van der Waals surface area contributed by atoms with Crippen LogP contribution in [0.2, 0.25) is 0 Å². The molecule has 2 aromatic heterocycles. The maximum Gasteiger partial charge on any atom is 0.273 e. The van der Waals surface area contributed by atoms with Crippen LogP contribution in [0.15, 0.2) is 60.1 Å². The molecule has 0 aliphatic rings. The first-order valence-electron chi connectivity index (χ1n) is 9.90. The van der Waals surface area contributed by atoms with Crippen molar-refractivity contribution >= 4 is 33.6 Å². The third kappa shape index (κ3) is 3.89. The number of nitrogens with one attached hydrogen (secondary N) is 1. The zero-order valence-corrected chi connectivity index (χ0v) is 18.1. The highest BCUT2D eigenvalue weighted by atomic mass is 32.1. The molecular formula is C23H24N4O2S. The highest BCUT2D eigenvalue weighted by molar-refractivity contribution is 7.15. The Labute approximate surface area is 179 Å². The van der Waals surface area contributed by atoms with Crippen LogP contribution in [0.5, 0.6) is 5.75 Å². The number of hydrogen-bond acceptors (Lipinski definition) is 5. The lowest BCUT2D eigenvalue weighted by molar-refractivity contribution is 0.102. The van der Waals surface area contributed by atoms with Gasteiger partial charge in [-0.3, -0.25) is 9.20 Å². The van der Waals surface area contributed by atoms with E-state index >= 15 is 0 Å². The minimum atomic E-state index is -0.157. The molecule has 0 spiro atoms. The van der Waals surface area contributed by atoms with Gasteiger partial charge in [0.1, 0.15) is 11.4 Å². The second-order valence-corrected chi connectivity index (χ2v) is 7.64. The van der Waals surface area contributed by atoms with Gasteiger partial charge in [-0.1, -0.05) is 0 Å². The molecule has 7 heteroatoms. The van der Waals surface area contributed by atoms with Crippen LogP contribution in [-0.2, 0) is 0 Å². The molecule has 0 aliphatic carbocycles. The Morgan fingerprint density at radius 2 is 1.80 bits per heavy atom. The Hall–Kier alpha value is -3.32. The van der Waals surface area contributed by atoms with Gasteiger partial charge in [0, 0.05) is 41.6 Å². The van der Waals surface area contributed by atoms with Gasteiger partial charge in [0.25, 0.3) is 5.91 Å². The van der Waals surface area contributed by atoms with Gasteiger partial charge in [-0.2, -0.15) is 0 Å². The predicted molar refractivity (Wildman–Crippen MR) is 123 cm³/mol. The number of benzene rings is 2. The molecule has 0 fully saturated rings. The summed E-state index contributed by atoms with van der Waals surface area (Å²) in [5, 5.41) is 4.82. The molecule has 0 saturated heterocycles. The second kappa shape index (κ2) is 8.59. The summed E-state index contributed by atoms with van der Waals surface area (Å²) in [6, 6.07) is 15.7. The predicted octanol–water partition coefficient (Wildman–Crippen LogP) is 5.17. The molecule has 2 aromatic carbocycles. The van der Waals surface area contributed by atoms with Crippen molar-refractivity contribution in [2.75, 3.05) is 30.4 Å². The number of hydrogen-bond donors (Lipinski definition) is 1. The van der Waals surface area contributed by atoms with Crippen molar-refractivity contribution < 1.29 is 9.53 Å². The van der Waals surface area contributed by atoms with Crippen molar-refractivity contribution in [3.63, 3.8) is 0 Å². The molecule has 0 saturated carbocycles. The van der Waals surface area contributed by atoms with Gasteiger partial charge >= 0.3 is 0 Å². The van der Waals surface area contributed by atoms with Crippen LogP contribution in [0.1, 0.15) is 24.3 Å². The van der Waals surface area contributed by atoms with E-state index in [0.29, 0.717) is 5.69 Å². The van der Waals surface area contributed by atoms with Gasteiger partial charge in [-0.15, -0.1) is 11.3 Å². The highest BCUT2D eigenvalue weighted by Crippen LogP contribution is 2.26. The lowest BCUT2D eigenvalue weighted by Crippen LogP contribution is -2.21. The largest absolute Gasteiger partial charge is 0.497 e. The molecule has 0 unspecified atom stereocenters. The van der Waals surface area contributed by atoms with Crippen molar-refractivity contribution in [1.29, 1.82) is 0 Å². The Morgan fingerprint density at radius 3 is 2.43 bits per heavy atom.